The summed E-state index contributed by atoms with van der Waals surface area (Å²) in [6.07, 6.45) is 6.44. The van der Waals surface area contributed by atoms with Crippen LogP contribution in [0.15, 0.2) is 22.6 Å². The molecule has 2 unspecified atom stereocenters. The number of rotatable bonds is 16. The van der Waals surface area contributed by atoms with Gasteiger partial charge in [-0.3, -0.25) is 28.8 Å². The average Bonchev–Trinajstić information content (AvgIpc) is 2.78. The number of hydrogen-bond donors (Lipinski definition) is 5. The van der Waals surface area contributed by atoms with Crippen molar-refractivity contribution in [3.8, 4) is 0 Å². The summed E-state index contributed by atoms with van der Waals surface area (Å²) in [4.78, 5) is 71.0. The number of allylic oxidation sites excluding steroid dienone is 4. The highest BCUT2D eigenvalue weighted by Gasteiger charge is 2.26. The second-order valence-electron chi connectivity index (χ2n) is 7.74. The molecule has 2 amide bonds. The van der Waals surface area contributed by atoms with Crippen LogP contribution in [0.1, 0.15) is 51.9 Å². The number of thioether (sulfide) groups is 1. The molecular formula is C22H31N3O8S. The number of ketones is 2. The summed E-state index contributed by atoms with van der Waals surface area (Å²) in [6.45, 7) is 1.40. The van der Waals surface area contributed by atoms with Crippen LogP contribution in [0.2, 0.25) is 0 Å². The predicted molar refractivity (Wildman–Crippen MR) is 125 cm³/mol. The van der Waals surface area contributed by atoms with E-state index >= 15 is 0 Å². The second kappa shape index (κ2) is 15.0. The molecule has 34 heavy (non-hydrogen) atoms. The Bertz CT molecular complexity index is 868. The molecule has 0 saturated heterocycles. The van der Waals surface area contributed by atoms with E-state index in [0.717, 1.165) is 37.4 Å². The van der Waals surface area contributed by atoms with Crippen LogP contribution < -0.4 is 16.4 Å². The number of carbonyl (C=O) groups excluding carboxylic acids is 4. The first-order valence-corrected chi connectivity index (χ1v) is 11.9. The lowest BCUT2D eigenvalue weighted by atomic mass is 9.97. The minimum atomic E-state index is -1.29. The fraction of sp³-hybridized carbons (Fsp3) is 0.545. The van der Waals surface area contributed by atoms with Gasteiger partial charge in [0.05, 0.1) is 4.91 Å². The highest BCUT2D eigenvalue weighted by molar-refractivity contribution is 8.04. The maximum absolute atomic E-state index is 12.4. The average molecular weight is 498 g/mol. The normalized spacial score (nSPS) is 15.1. The molecule has 0 saturated carbocycles. The van der Waals surface area contributed by atoms with Crippen molar-refractivity contribution in [2.75, 3.05) is 12.3 Å². The summed E-state index contributed by atoms with van der Waals surface area (Å²) >= 11 is 0.890. The lowest BCUT2D eigenvalue weighted by Crippen LogP contribution is -2.49. The Kier molecular flexibility index (Phi) is 12.8. The van der Waals surface area contributed by atoms with Crippen molar-refractivity contribution in [3.05, 3.63) is 22.6 Å². The molecule has 188 valence electrons. The Morgan fingerprint density at radius 2 is 1.76 bits per heavy atom. The molecule has 0 spiro atoms. The predicted octanol–water partition coefficient (Wildman–Crippen LogP) is 0.530. The third kappa shape index (κ3) is 10.8. The van der Waals surface area contributed by atoms with Gasteiger partial charge in [-0.1, -0.05) is 26.2 Å². The van der Waals surface area contributed by atoms with Crippen LogP contribution in [-0.4, -0.2) is 69.9 Å². The third-order valence-corrected chi connectivity index (χ3v) is 6.03. The SMILES string of the molecule is CCCCCCC1=CC(=O)C(SCC(NC(=O)CCC(N)C(=O)O)C(=O)NCC(=O)O)=CC1=O. The molecule has 1 aliphatic carbocycles. The minimum absolute atomic E-state index is 0.112. The van der Waals surface area contributed by atoms with Crippen molar-refractivity contribution >= 4 is 47.1 Å². The Balaban J connectivity index is 2.76. The monoisotopic (exact) mass is 497 g/mol. The topological polar surface area (TPSA) is 193 Å². The molecule has 1 aliphatic rings. The molecule has 1 rings (SSSR count). The summed E-state index contributed by atoms with van der Waals surface area (Å²) in [6, 6.07) is -2.47. The molecule has 0 heterocycles. The zero-order valence-corrected chi connectivity index (χ0v) is 19.8. The zero-order chi connectivity index (χ0) is 25.7. The van der Waals surface area contributed by atoms with Gasteiger partial charge in [0.15, 0.2) is 11.6 Å². The van der Waals surface area contributed by atoms with Crippen molar-refractivity contribution in [2.45, 2.75) is 64.0 Å². The first-order valence-electron chi connectivity index (χ1n) is 11.0. The summed E-state index contributed by atoms with van der Waals surface area (Å²) in [5.74, 6) is -4.83. The summed E-state index contributed by atoms with van der Waals surface area (Å²) < 4.78 is 0. The van der Waals surface area contributed by atoms with Gasteiger partial charge in [0.25, 0.3) is 0 Å². The maximum atomic E-state index is 12.4. The molecule has 0 bridgehead atoms. The van der Waals surface area contributed by atoms with Crippen LogP contribution in [0.25, 0.3) is 0 Å². The van der Waals surface area contributed by atoms with E-state index in [1.807, 2.05) is 0 Å². The van der Waals surface area contributed by atoms with Crippen LogP contribution in [0, 0.1) is 0 Å². The molecule has 0 aromatic rings. The van der Waals surface area contributed by atoms with Crippen molar-refractivity contribution < 1.29 is 39.0 Å². The number of carbonyl (C=O) groups is 6. The number of amides is 2. The molecule has 0 fully saturated rings. The number of hydrogen-bond acceptors (Lipinski definition) is 8. The number of aliphatic carboxylic acids is 2. The molecular weight excluding hydrogens is 466 g/mol. The molecule has 12 heteroatoms. The zero-order valence-electron chi connectivity index (χ0n) is 19.0. The quantitative estimate of drug-likeness (QED) is 0.148. The highest BCUT2D eigenvalue weighted by Crippen LogP contribution is 2.25. The Morgan fingerprint density at radius 3 is 2.38 bits per heavy atom. The smallest absolute Gasteiger partial charge is 0.322 e. The van der Waals surface area contributed by atoms with E-state index in [0.29, 0.717) is 12.0 Å². The van der Waals surface area contributed by atoms with E-state index in [1.165, 1.54) is 12.2 Å². The van der Waals surface area contributed by atoms with E-state index < -0.39 is 42.4 Å². The van der Waals surface area contributed by atoms with E-state index in [9.17, 15) is 28.8 Å². The van der Waals surface area contributed by atoms with Crippen LogP contribution in [-0.2, 0) is 28.8 Å². The van der Waals surface area contributed by atoms with Crippen LogP contribution in [0.3, 0.4) is 0 Å². The molecule has 11 nitrogen and oxygen atoms in total. The molecule has 0 aliphatic heterocycles. The molecule has 0 aromatic carbocycles. The second-order valence-corrected chi connectivity index (χ2v) is 8.81. The van der Waals surface area contributed by atoms with E-state index in [1.54, 1.807) is 0 Å². The van der Waals surface area contributed by atoms with Gasteiger partial charge >= 0.3 is 11.9 Å². The van der Waals surface area contributed by atoms with E-state index in [-0.39, 0.29) is 35.1 Å². The summed E-state index contributed by atoms with van der Waals surface area (Å²) in [5, 5.41) is 22.1. The van der Waals surface area contributed by atoms with Crippen LogP contribution in [0.5, 0.6) is 0 Å². The van der Waals surface area contributed by atoms with Gasteiger partial charge < -0.3 is 26.6 Å². The molecule has 2 atom stereocenters. The summed E-state index contributed by atoms with van der Waals surface area (Å²) in [5.41, 5.74) is 5.80. The fourth-order valence-corrected chi connectivity index (χ4v) is 3.92. The number of carboxylic acid groups (broad SMARTS) is 2. The molecule has 0 aromatic heterocycles. The van der Waals surface area contributed by atoms with Crippen molar-refractivity contribution in [1.29, 1.82) is 0 Å². The Hall–Kier alpha value is -2.99. The number of nitrogens with two attached hydrogens (primary N) is 1. The van der Waals surface area contributed by atoms with Gasteiger partial charge in [0, 0.05) is 23.8 Å². The van der Waals surface area contributed by atoms with E-state index in [4.69, 9.17) is 15.9 Å². The first kappa shape index (κ1) is 29.0. The van der Waals surface area contributed by atoms with Gasteiger partial charge in [-0.2, -0.15) is 0 Å². The van der Waals surface area contributed by atoms with Gasteiger partial charge in [-0.05, 0) is 25.3 Å². The van der Waals surface area contributed by atoms with Gasteiger partial charge in [0.1, 0.15) is 18.6 Å². The Morgan fingerprint density at radius 1 is 1.06 bits per heavy atom. The van der Waals surface area contributed by atoms with Crippen LogP contribution >= 0.6 is 11.8 Å². The summed E-state index contributed by atoms with van der Waals surface area (Å²) in [7, 11) is 0. The lowest BCUT2D eigenvalue weighted by Gasteiger charge is -2.19. The molecule has 6 N–H and O–H groups in total. The van der Waals surface area contributed by atoms with E-state index in [2.05, 4.69) is 17.6 Å². The highest BCUT2D eigenvalue weighted by atomic mass is 32.2. The first-order chi connectivity index (χ1) is 16.0. The van der Waals surface area contributed by atoms with Gasteiger partial charge in [-0.15, -0.1) is 11.8 Å². The Labute approximate surface area is 201 Å². The van der Waals surface area contributed by atoms with Crippen LogP contribution in [0.4, 0.5) is 0 Å². The number of nitrogens with one attached hydrogen (secondary N) is 2. The number of carboxylic acids is 2. The lowest BCUT2D eigenvalue weighted by molar-refractivity contribution is -0.139. The fourth-order valence-electron chi connectivity index (χ4n) is 2.95. The van der Waals surface area contributed by atoms with Crippen molar-refractivity contribution in [1.82, 2.24) is 10.6 Å². The standard InChI is InChI=1S/C22H31N3O8S/c1-2-3-4-5-6-13-9-17(27)18(10-16(13)26)34-12-15(21(31)24-11-20(29)30)25-19(28)8-7-14(23)22(32)33/h9-10,14-15H,2-8,11-12,23H2,1H3,(H,24,31)(H,25,28)(H,29,30)(H,32,33). The van der Waals surface area contributed by atoms with Crippen molar-refractivity contribution in [2.24, 2.45) is 5.73 Å². The van der Waals surface area contributed by atoms with Gasteiger partial charge in [-0.25, -0.2) is 0 Å². The molecule has 0 radical (unpaired) electrons. The minimum Gasteiger partial charge on any atom is -0.480 e. The van der Waals surface area contributed by atoms with Crippen molar-refractivity contribution in [3.63, 3.8) is 0 Å². The van der Waals surface area contributed by atoms with Gasteiger partial charge in [0.2, 0.25) is 11.8 Å². The maximum Gasteiger partial charge on any atom is 0.322 e. The number of unbranched alkanes of at least 4 members (excludes halogenated alkanes) is 3. The third-order valence-electron chi connectivity index (χ3n) is 4.90. The largest absolute Gasteiger partial charge is 0.480 e.